The normalized spacial score (nSPS) is 11.4. The fourth-order valence-corrected chi connectivity index (χ4v) is 4.14. The Kier molecular flexibility index (Phi) is 7.24. The summed E-state index contributed by atoms with van der Waals surface area (Å²) in [4.78, 5) is 12.2. The number of amides is 1. The summed E-state index contributed by atoms with van der Waals surface area (Å²) in [6.07, 6.45) is 0. The highest BCUT2D eigenvalue weighted by molar-refractivity contribution is 9.10. The van der Waals surface area contributed by atoms with E-state index in [2.05, 4.69) is 26.2 Å². The van der Waals surface area contributed by atoms with Crippen molar-refractivity contribution in [3.8, 4) is 11.6 Å². The molecule has 168 valence electrons. The van der Waals surface area contributed by atoms with Gasteiger partial charge in [-0.15, -0.1) is 10.2 Å². The summed E-state index contributed by atoms with van der Waals surface area (Å²) in [6, 6.07) is 17.5. The number of hydrogen-bond donors (Lipinski definition) is 1. The molecule has 4 aromatic rings. The van der Waals surface area contributed by atoms with Crippen molar-refractivity contribution in [1.29, 1.82) is 0 Å². The maximum Gasteiger partial charge on any atom is 0.302 e. The van der Waals surface area contributed by atoms with Crippen molar-refractivity contribution in [1.82, 2.24) is 4.57 Å². The van der Waals surface area contributed by atoms with Crippen LogP contribution in [-0.2, 0) is 11.3 Å². The van der Waals surface area contributed by atoms with Crippen LogP contribution >= 0.6 is 50.7 Å². The molecule has 1 aromatic heterocycles. The Morgan fingerprint density at radius 2 is 1.73 bits per heavy atom. The third-order valence-electron chi connectivity index (χ3n) is 4.73. The second kappa shape index (κ2) is 10.1. The minimum atomic E-state index is -0.644. The Morgan fingerprint density at radius 3 is 2.45 bits per heavy atom. The molecule has 0 fully saturated rings. The van der Waals surface area contributed by atoms with Gasteiger partial charge in [0.1, 0.15) is 5.75 Å². The van der Waals surface area contributed by atoms with E-state index in [1.54, 1.807) is 34.9 Å². The van der Waals surface area contributed by atoms with Crippen molar-refractivity contribution in [2.45, 2.75) is 6.54 Å². The molecule has 0 bridgehead atoms. The summed E-state index contributed by atoms with van der Waals surface area (Å²) in [6.45, 7) is 0.00149. The Balaban J connectivity index is 1.59. The monoisotopic (exact) mass is 565 g/mol. The minimum absolute atomic E-state index is 0.115. The van der Waals surface area contributed by atoms with Gasteiger partial charge in [0.05, 0.1) is 17.1 Å². The molecular formula is C23H15BrCl3N3O3. The van der Waals surface area contributed by atoms with Crippen LogP contribution in [0.4, 0.5) is 5.69 Å². The van der Waals surface area contributed by atoms with Gasteiger partial charge in [-0.05, 0) is 54.1 Å². The van der Waals surface area contributed by atoms with Crippen LogP contribution in [0.25, 0.3) is 10.9 Å². The van der Waals surface area contributed by atoms with Crippen LogP contribution in [0.5, 0.6) is 11.6 Å². The average Bonchev–Trinajstić information content (AvgIpc) is 3.03. The Labute approximate surface area is 212 Å². The SMILES string of the molecule is O=C(COc1ccc(Cl)cc1Cl)N=Nc1c(O)n(Cc2ccc(Cl)cc2)c2ccc(Br)cc12. The molecule has 0 aliphatic heterocycles. The number of azo groups is 1. The van der Waals surface area contributed by atoms with Crippen molar-refractivity contribution in [2.24, 2.45) is 10.2 Å². The molecule has 0 spiro atoms. The zero-order valence-corrected chi connectivity index (χ0v) is 20.7. The molecular weight excluding hydrogens is 553 g/mol. The number of aromatic hydroxyl groups is 1. The maximum absolute atomic E-state index is 12.2. The van der Waals surface area contributed by atoms with Gasteiger partial charge in [-0.3, -0.25) is 4.79 Å². The van der Waals surface area contributed by atoms with Gasteiger partial charge in [0.15, 0.2) is 12.3 Å². The molecule has 10 heteroatoms. The second-order valence-corrected chi connectivity index (χ2v) is 9.20. The lowest BCUT2D eigenvalue weighted by molar-refractivity contribution is -0.120. The molecule has 1 amide bonds. The zero-order chi connectivity index (χ0) is 23.5. The number of benzene rings is 3. The van der Waals surface area contributed by atoms with Crippen LogP contribution in [0.3, 0.4) is 0 Å². The zero-order valence-electron chi connectivity index (χ0n) is 16.8. The third kappa shape index (κ3) is 5.50. The number of ether oxygens (including phenoxy) is 1. The molecule has 0 aliphatic carbocycles. The first kappa shape index (κ1) is 23.6. The molecule has 1 heterocycles. The van der Waals surface area contributed by atoms with E-state index in [1.165, 1.54) is 6.07 Å². The lowest BCUT2D eigenvalue weighted by Crippen LogP contribution is -2.08. The number of aromatic nitrogens is 1. The van der Waals surface area contributed by atoms with Crippen molar-refractivity contribution in [2.75, 3.05) is 6.61 Å². The van der Waals surface area contributed by atoms with Gasteiger partial charge in [-0.25, -0.2) is 0 Å². The predicted octanol–water partition coefficient (Wildman–Crippen LogP) is 7.81. The lowest BCUT2D eigenvalue weighted by Gasteiger charge is -2.07. The summed E-state index contributed by atoms with van der Waals surface area (Å²) in [7, 11) is 0. The standard InChI is InChI=1S/C23H15BrCl3N3O3/c24-14-3-7-19-17(9-14)22(23(32)30(19)11-13-1-4-15(25)5-2-13)29-28-21(31)12-33-20-8-6-16(26)10-18(20)27/h1-10,32H,11-12H2. The predicted molar refractivity (Wildman–Crippen MR) is 133 cm³/mol. The number of halogens is 4. The van der Waals surface area contributed by atoms with E-state index in [0.29, 0.717) is 27.7 Å². The molecule has 6 nitrogen and oxygen atoms in total. The van der Waals surface area contributed by atoms with Crippen molar-refractivity contribution in [3.63, 3.8) is 0 Å². The quantitative estimate of drug-likeness (QED) is 0.242. The molecule has 0 saturated heterocycles. The van der Waals surface area contributed by atoms with Gasteiger partial charge in [-0.2, -0.15) is 0 Å². The lowest BCUT2D eigenvalue weighted by atomic mass is 10.2. The number of fused-ring (bicyclic) bond motifs is 1. The van der Waals surface area contributed by atoms with Crippen LogP contribution < -0.4 is 4.74 Å². The minimum Gasteiger partial charge on any atom is -0.493 e. The van der Waals surface area contributed by atoms with Gasteiger partial charge >= 0.3 is 5.91 Å². The molecule has 0 radical (unpaired) electrons. The van der Waals surface area contributed by atoms with E-state index < -0.39 is 5.91 Å². The topological polar surface area (TPSA) is 76.2 Å². The smallest absolute Gasteiger partial charge is 0.302 e. The van der Waals surface area contributed by atoms with E-state index in [0.717, 1.165) is 15.6 Å². The number of carbonyl (C=O) groups is 1. The van der Waals surface area contributed by atoms with Gasteiger partial charge in [0, 0.05) is 19.9 Å². The maximum atomic E-state index is 12.2. The highest BCUT2D eigenvalue weighted by atomic mass is 79.9. The highest BCUT2D eigenvalue weighted by Crippen LogP contribution is 2.40. The first-order valence-electron chi connectivity index (χ1n) is 9.59. The van der Waals surface area contributed by atoms with E-state index in [4.69, 9.17) is 39.5 Å². The molecule has 0 saturated carbocycles. The molecule has 0 unspecified atom stereocenters. The largest absolute Gasteiger partial charge is 0.493 e. The van der Waals surface area contributed by atoms with Crippen LogP contribution in [0, 0.1) is 0 Å². The fourth-order valence-electron chi connectivity index (χ4n) is 3.19. The van der Waals surface area contributed by atoms with E-state index >= 15 is 0 Å². The summed E-state index contributed by atoms with van der Waals surface area (Å²) < 4.78 is 7.87. The number of nitrogens with zero attached hydrogens (tertiary/aromatic N) is 3. The van der Waals surface area contributed by atoms with Crippen LogP contribution in [0.2, 0.25) is 15.1 Å². The Morgan fingerprint density at radius 1 is 1.00 bits per heavy atom. The molecule has 4 rings (SSSR count). The summed E-state index contributed by atoms with van der Waals surface area (Å²) in [5, 5.41) is 20.6. The summed E-state index contributed by atoms with van der Waals surface area (Å²) in [5.74, 6) is -0.457. The molecule has 0 atom stereocenters. The first-order valence-corrected chi connectivity index (χ1v) is 11.5. The van der Waals surface area contributed by atoms with Crippen molar-refractivity contribution < 1.29 is 14.6 Å². The molecule has 0 aliphatic rings. The van der Waals surface area contributed by atoms with Gasteiger partial charge in [0.25, 0.3) is 0 Å². The highest BCUT2D eigenvalue weighted by Gasteiger charge is 2.18. The van der Waals surface area contributed by atoms with E-state index in [1.807, 2.05) is 24.3 Å². The van der Waals surface area contributed by atoms with Gasteiger partial charge in [0.2, 0.25) is 5.88 Å². The fraction of sp³-hybridized carbons (Fsp3) is 0.0870. The van der Waals surface area contributed by atoms with E-state index in [9.17, 15) is 9.90 Å². The van der Waals surface area contributed by atoms with E-state index in [-0.39, 0.29) is 23.2 Å². The van der Waals surface area contributed by atoms with Gasteiger partial charge < -0.3 is 14.4 Å². The second-order valence-electron chi connectivity index (χ2n) is 7.00. The van der Waals surface area contributed by atoms with Crippen LogP contribution in [0.15, 0.2) is 75.4 Å². The average molecular weight is 568 g/mol. The van der Waals surface area contributed by atoms with Crippen molar-refractivity contribution in [3.05, 3.63) is 85.8 Å². The number of rotatable bonds is 6. The molecule has 3 aromatic carbocycles. The summed E-state index contributed by atoms with van der Waals surface area (Å²) in [5.41, 5.74) is 1.84. The third-order valence-corrected chi connectivity index (χ3v) is 6.01. The number of carbonyl (C=O) groups excluding carboxylic acids is 1. The molecule has 33 heavy (non-hydrogen) atoms. The van der Waals surface area contributed by atoms with Crippen LogP contribution in [0.1, 0.15) is 5.56 Å². The van der Waals surface area contributed by atoms with Crippen LogP contribution in [-0.4, -0.2) is 22.2 Å². The van der Waals surface area contributed by atoms with Gasteiger partial charge in [-0.1, -0.05) is 62.9 Å². The summed E-state index contributed by atoms with van der Waals surface area (Å²) >= 11 is 21.3. The molecule has 1 N–H and O–H groups in total. The Hall–Kier alpha value is -2.58. The Bertz CT molecular complexity index is 1370. The first-order chi connectivity index (χ1) is 15.8. The number of hydrogen-bond acceptors (Lipinski definition) is 4. The van der Waals surface area contributed by atoms with Crippen molar-refractivity contribution >= 4 is 73.2 Å².